The molecule has 3 heterocycles. The Balaban J connectivity index is 1.49. The van der Waals surface area contributed by atoms with E-state index < -0.39 is 0 Å². The van der Waals surface area contributed by atoms with E-state index >= 15 is 0 Å². The Labute approximate surface area is 200 Å². The molecule has 172 valence electrons. The third-order valence-corrected chi connectivity index (χ3v) is 5.96. The Morgan fingerprint density at radius 1 is 1.06 bits per heavy atom. The van der Waals surface area contributed by atoms with Gasteiger partial charge in [0.25, 0.3) is 0 Å². The highest BCUT2D eigenvalue weighted by molar-refractivity contribution is 6.31. The van der Waals surface area contributed by atoms with Crippen molar-refractivity contribution in [1.29, 1.82) is 0 Å². The number of aliphatic imine (C=N–C) groups is 1. The summed E-state index contributed by atoms with van der Waals surface area (Å²) in [6.45, 7) is 2.27. The number of hydrogen-bond donors (Lipinski definition) is 1. The van der Waals surface area contributed by atoms with Crippen molar-refractivity contribution in [1.82, 2.24) is 19.7 Å². The van der Waals surface area contributed by atoms with Crippen LogP contribution in [-0.4, -0.2) is 26.0 Å². The van der Waals surface area contributed by atoms with E-state index in [4.69, 9.17) is 16.7 Å². The van der Waals surface area contributed by atoms with Gasteiger partial charge in [-0.05, 0) is 38.0 Å². The normalized spacial score (nSPS) is 12.6. The molecule has 1 aliphatic rings. The van der Waals surface area contributed by atoms with Crippen LogP contribution in [0.1, 0.15) is 28.8 Å². The van der Waals surface area contributed by atoms with E-state index in [1.165, 1.54) is 12.1 Å². The molecule has 0 amide bonds. The van der Waals surface area contributed by atoms with E-state index in [0.29, 0.717) is 39.3 Å². The summed E-state index contributed by atoms with van der Waals surface area (Å²) >= 11 is 6.15. The summed E-state index contributed by atoms with van der Waals surface area (Å²) in [4.78, 5) is 13.8. The fraction of sp³-hybridized carbons (Fsp3) is 0.200. The predicted molar refractivity (Wildman–Crippen MR) is 129 cm³/mol. The minimum Gasteiger partial charge on any atom is -0.366 e. The van der Waals surface area contributed by atoms with Gasteiger partial charge in [0.15, 0.2) is 11.6 Å². The minimum absolute atomic E-state index is 0.172. The van der Waals surface area contributed by atoms with Gasteiger partial charge in [-0.15, -0.1) is 0 Å². The first-order valence-electron chi connectivity index (χ1n) is 10.9. The molecule has 4 aromatic rings. The molecule has 9 heteroatoms. The zero-order chi connectivity index (χ0) is 23.7. The Hall–Kier alpha value is -3.65. The molecule has 0 bridgehead atoms. The van der Waals surface area contributed by atoms with Crippen molar-refractivity contribution in [2.75, 3.05) is 5.32 Å². The largest absolute Gasteiger partial charge is 0.366 e. The molecule has 2 aromatic carbocycles. The lowest BCUT2D eigenvalue weighted by Crippen LogP contribution is -2.07. The van der Waals surface area contributed by atoms with Crippen LogP contribution in [0.2, 0.25) is 5.02 Å². The number of aryl methyl sites for hydroxylation is 1. The van der Waals surface area contributed by atoms with E-state index in [-0.39, 0.29) is 24.7 Å². The van der Waals surface area contributed by atoms with Crippen LogP contribution < -0.4 is 5.32 Å². The van der Waals surface area contributed by atoms with Gasteiger partial charge in [-0.1, -0.05) is 35.9 Å². The molecule has 1 N–H and O–H groups in total. The molecule has 34 heavy (non-hydrogen) atoms. The summed E-state index contributed by atoms with van der Waals surface area (Å²) in [7, 11) is 0. The first-order chi connectivity index (χ1) is 16.5. The molecular formula is C25H21ClF2N6. The number of fused-ring (bicyclic) bond motifs is 1. The number of nitrogens with zero attached hydrogens (tertiary/aromatic N) is 5. The molecule has 6 nitrogen and oxygen atoms in total. The number of hydrogen-bond acceptors (Lipinski definition) is 5. The SMILES string of the molecule is Cc1cc(NCc2c(F)cccc2Cl)nc(-c2nn(Cc3ccccc3F)c3c2CCC=N3)n1. The summed E-state index contributed by atoms with van der Waals surface area (Å²) in [5, 5.41) is 8.21. The van der Waals surface area contributed by atoms with Gasteiger partial charge in [0, 0.05) is 46.2 Å². The van der Waals surface area contributed by atoms with E-state index in [1.807, 2.05) is 13.1 Å². The number of aromatic nitrogens is 4. The average molecular weight is 479 g/mol. The molecule has 0 atom stereocenters. The van der Waals surface area contributed by atoms with Crippen molar-refractivity contribution < 1.29 is 8.78 Å². The lowest BCUT2D eigenvalue weighted by Gasteiger charge is -2.11. The van der Waals surface area contributed by atoms with Crippen molar-refractivity contribution in [2.45, 2.75) is 32.9 Å². The minimum atomic E-state index is -0.384. The van der Waals surface area contributed by atoms with Crippen LogP contribution in [0.25, 0.3) is 11.5 Å². The van der Waals surface area contributed by atoms with Crippen LogP contribution in [0.15, 0.2) is 53.5 Å². The molecule has 0 fully saturated rings. The zero-order valence-electron chi connectivity index (χ0n) is 18.4. The molecule has 0 saturated carbocycles. The highest BCUT2D eigenvalue weighted by atomic mass is 35.5. The standard InChI is InChI=1S/C25H21ClF2N6/c1-15-12-22(30-13-18-19(26)8-4-10-21(18)28)32-24(31-15)23-17-7-5-11-29-25(17)34(33-23)14-16-6-2-3-9-20(16)27/h2-4,6,8-12H,5,7,13-14H2,1H3,(H,30,31,32). The second-order valence-electron chi connectivity index (χ2n) is 8.02. The van der Waals surface area contributed by atoms with Gasteiger partial charge in [0.05, 0.1) is 6.54 Å². The fourth-order valence-corrected chi connectivity index (χ4v) is 4.18. The van der Waals surface area contributed by atoms with Crippen LogP contribution in [0.5, 0.6) is 0 Å². The zero-order valence-corrected chi connectivity index (χ0v) is 19.2. The topological polar surface area (TPSA) is 68.0 Å². The smallest absolute Gasteiger partial charge is 0.182 e. The number of nitrogens with one attached hydrogen (secondary N) is 1. The van der Waals surface area contributed by atoms with Gasteiger partial charge in [-0.25, -0.2) is 28.4 Å². The predicted octanol–water partition coefficient (Wildman–Crippen LogP) is 5.89. The van der Waals surface area contributed by atoms with Crippen molar-refractivity contribution in [3.05, 3.63) is 87.6 Å². The van der Waals surface area contributed by atoms with Gasteiger partial charge in [0.1, 0.15) is 23.1 Å². The fourth-order valence-electron chi connectivity index (χ4n) is 3.95. The summed E-state index contributed by atoms with van der Waals surface area (Å²) in [6.07, 6.45) is 3.35. The van der Waals surface area contributed by atoms with Crippen LogP contribution in [0.3, 0.4) is 0 Å². The van der Waals surface area contributed by atoms with E-state index in [0.717, 1.165) is 24.1 Å². The maximum Gasteiger partial charge on any atom is 0.182 e. The van der Waals surface area contributed by atoms with Crippen LogP contribution >= 0.6 is 11.6 Å². The number of halogens is 3. The molecule has 0 radical (unpaired) electrons. The van der Waals surface area contributed by atoms with Crippen LogP contribution in [0.4, 0.5) is 20.4 Å². The Morgan fingerprint density at radius 2 is 1.88 bits per heavy atom. The molecule has 0 spiro atoms. The molecule has 2 aromatic heterocycles. The Bertz CT molecular complexity index is 1380. The van der Waals surface area contributed by atoms with Gasteiger partial charge in [-0.2, -0.15) is 5.10 Å². The van der Waals surface area contributed by atoms with Crippen molar-refractivity contribution in [3.8, 4) is 11.5 Å². The van der Waals surface area contributed by atoms with Gasteiger partial charge in [0.2, 0.25) is 0 Å². The Morgan fingerprint density at radius 3 is 2.71 bits per heavy atom. The second kappa shape index (κ2) is 9.30. The van der Waals surface area contributed by atoms with Crippen molar-refractivity contribution in [2.24, 2.45) is 4.99 Å². The monoisotopic (exact) mass is 478 g/mol. The number of anilines is 1. The van der Waals surface area contributed by atoms with Crippen LogP contribution in [-0.2, 0) is 19.5 Å². The van der Waals surface area contributed by atoms with E-state index in [9.17, 15) is 8.78 Å². The van der Waals surface area contributed by atoms with Crippen molar-refractivity contribution >= 4 is 29.5 Å². The van der Waals surface area contributed by atoms with Gasteiger partial charge < -0.3 is 5.32 Å². The highest BCUT2D eigenvalue weighted by Crippen LogP contribution is 2.33. The summed E-state index contributed by atoms with van der Waals surface area (Å²) in [6, 6.07) is 13.0. The third kappa shape index (κ3) is 4.41. The van der Waals surface area contributed by atoms with Gasteiger partial charge in [-0.3, -0.25) is 0 Å². The summed E-state index contributed by atoms with van der Waals surface area (Å²) in [5.41, 5.74) is 3.15. The highest BCUT2D eigenvalue weighted by Gasteiger charge is 2.23. The first-order valence-corrected chi connectivity index (χ1v) is 11.3. The molecule has 1 aliphatic heterocycles. The lowest BCUT2D eigenvalue weighted by molar-refractivity contribution is 0.586. The second-order valence-corrected chi connectivity index (χ2v) is 8.43. The number of rotatable bonds is 6. The number of benzene rings is 2. The van der Waals surface area contributed by atoms with Gasteiger partial charge >= 0.3 is 0 Å². The molecule has 0 aliphatic carbocycles. The maximum absolute atomic E-state index is 14.3. The molecule has 5 rings (SSSR count). The molecule has 0 saturated heterocycles. The molecule has 0 unspecified atom stereocenters. The van der Waals surface area contributed by atoms with Crippen molar-refractivity contribution in [3.63, 3.8) is 0 Å². The lowest BCUT2D eigenvalue weighted by atomic mass is 10.1. The molecular weight excluding hydrogens is 458 g/mol. The maximum atomic E-state index is 14.3. The first kappa shape index (κ1) is 22.2. The van der Waals surface area contributed by atoms with E-state index in [1.54, 1.807) is 41.1 Å². The average Bonchev–Trinajstić information content (AvgIpc) is 3.18. The summed E-state index contributed by atoms with van der Waals surface area (Å²) < 4.78 is 30.1. The summed E-state index contributed by atoms with van der Waals surface area (Å²) in [5.74, 6) is 0.964. The third-order valence-electron chi connectivity index (χ3n) is 5.61. The van der Waals surface area contributed by atoms with Crippen LogP contribution in [0, 0.1) is 18.6 Å². The quantitative estimate of drug-likeness (QED) is 0.375. The Kier molecular flexibility index (Phi) is 6.06. The van der Waals surface area contributed by atoms with E-state index in [2.05, 4.69) is 20.3 Å².